The number of carbonyl (C=O) groups excluding carboxylic acids is 1. The van der Waals surface area contributed by atoms with Crippen molar-refractivity contribution in [3.05, 3.63) is 74.4 Å². The molecule has 4 atom stereocenters. The Hall–Kier alpha value is -2.61. The number of anilines is 1. The molecule has 0 bridgehead atoms. The summed E-state index contributed by atoms with van der Waals surface area (Å²) in [6, 6.07) is 8.59. The molecule has 6 nitrogen and oxygen atoms in total. The van der Waals surface area contributed by atoms with Crippen LogP contribution in [0.1, 0.15) is 68.2 Å². The second-order valence-electron chi connectivity index (χ2n) is 9.30. The van der Waals surface area contributed by atoms with Crippen molar-refractivity contribution in [3.8, 4) is 0 Å². The number of ether oxygens (including phenoxy) is 1. The Morgan fingerprint density at radius 1 is 1.21 bits per heavy atom. The minimum Gasteiger partial charge on any atom is -0.393 e. The third-order valence-electron chi connectivity index (χ3n) is 6.84. The van der Waals surface area contributed by atoms with Gasteiger partial charge in [0.15, 0.2) is 0 Å². The van der Waals surface area contributed by atoms with Crippen LogP contribution in [0.3, 0.4) is 0 Å². The maximum atomic E-state index is 13.5. The largest absolute Gasteiger partial charge is 0.393 e. The van der Waals surface area contributed by atoms with E-state index < -0.39 is 0 Å². The lowest BCUT2D eigenvalue weighted by molar-refractivity contribution is 0.0697. The van der Waals surface area contributed by atoms with Gasteiger partial charge in [0, 0.05) is 17.1 Å². The van der Waals surface area contributed by atoms with Crippen molar-refractivity contribution in [2.45, 2.75) is 58.3 Å². The molecule has 0 saturated heterocycles. The number of nitrogens with zero attached hydrogens (tertiary/aromatic N) is 2. The van der Waals surface area contributed by atoms with Crippen LogP contribution in [-0.4, -0.2) is 39.6 Å². The fourth-order valence-electron chi connectivity index (χ4n) is 4.97. The lowest BCUT2D eigenvalue weighted by Gasteiger charge is -2.26. The van der Waals surface area contributed by atoms with Gasteiger partial charge in [-0.3, -0.25) is 4.79 Å². The molecule has 3 aromatic rings. The van der Waals surface area contributed by atoms with Gasteiger partial charge in [0.1, 0.15) is 18.2 Å². The van der Waals surface area contributed by atoms with Crippen LogP contribution in [0, 0.1) is 19.8 Å². The van der Waals surface area contributed by atoms with E-state index in [1.54, 1.807) is 6.20 Å². The molecule has 0 radical (unpaired) electrons. The van der Waals surface area contributed by atoms with Gasteiger partial charge in [-0.05, 0) is 61.8 Å². The van der Waals surface area contributed by atoms with Crippen molar-refractivity contribution in [1.29, 1.82) is 0 Å². The highest BCUT2D eigenvalue weighted by atomic mass is 32.1. The number of hydrogen-bond donors (Lipinski definition) is 2. The number of hydrogen-bond acceptors (Lipinski definition) is 7. The highest BCUT2D eigenvalue weighted by Crippen LogP contribution is 2.39. The SMILES string of the molecule is Cc1ccc2c(c1)[C@H](c1cc(C(=O)c3cncnc3N[C@@H]3C[C@@H](C)[C@H](O)C3)sc1C)OCC2. The van der Waals surface area contributed by atoms with Crippen molar-refractivity contribution < 1.29 is 14.6 Å². The van der Waals surface area contributed by atoms with E-state index in [1.165, 1.54) is 34.4 Å². The zero-order chi connectivity index (χ0) is 23.1. The molecule has 1 fully saturated rings. The van der Waals surface area contributed by atoms with Crippen molar-refractivity contribution >= 4 is 22.9 Å². The number of aryl methyl sites for hydroxylation is 2. The topological polar surface area (TPSA) is 84.3 Å². The Labute approximate surface area is 198 Å². The number of ketones is 1. The molecule has 1 aliphatic carbocycles. The fourth-order valence-corrected chi connectivity index (χ4v) is 5.97. The highest BCUT2D eigenvalue weighted by Gasteiger charge is 2.31. The molecular weight excluding hydrogens is 434 g/mol. The van der Waals surface area contributed by atoms with E-state index >= 15 is 0 Å². The van der Waals surface area contributed by atoms with Crippen molar-refractivity contribution in [2.24, 2.45) is 5.92 Å². The molecule has 3 heterocycles. The summed E-state index contributed by atoms with van der Waals surface area (Å²) in [7, 11) is 0. The van der Waals surface area contributed by atoms with E-state index in [1.807, 2.05) is 19.9 Å². The van der Waals surface area contributed by atoms with Gasteiger partial charge in [0.2, 0.25) is 5.78 Å². The van der Waals surface area contributed by atoms with E-state index in [0.29, 0.717) is 29.3 Å². The van der Waals surface area contributed by atoms with Gasteiger partial charge in [-0.15, -0.1) is 11.3 Å². The third-order valence-corrected chi connectivity index (χ3v) is 7.90. The van der Waals surface area contributed by atoms with Crippen LogP contribution in [0.4, 0.5) is 5.82 Å². The minimum atomic E-state index is -0.326. The number of nitrogens with one attached hydrogen (secondary N) is 1. The second-order valence-corrected chi connectivity index (χ2v) is 10.6. The molecule has 2 aliphatic rings. The minimum absolute atomic E-state index is 0.0902. The molecule has 2 aromatic heterocycles. The Bertz CT molecular complexity index is 1180. The normalized spacial score (nSPS) is 24.5. The summed E-state index contributed by atoms with van der Waals surface area (Å²) in [6.07, 6.45) is 4.96. The van der Waals surface area contributed by atoms with Crippen LogP contribution in [-0.2, 0) is 11.2 Å². The summed E-state index contributed by atoms with van der Waals surface area (Å²) in [5, 5.41) is 13.5. The standard InChI is InChI=1S/C26H29N3O3S/c1-14-4-5-17-6-7-32-25(20(17)8-14)19-11-23(33-16(19)3)24(31)21-12-27-13-28-26(21)29-18-9-15(2)22(30)10-18/h4-5,8,11-13,15,18,22,25,30H,6-7,9-10H2,1-3H3,(H,27,28,29)/t15-,18-,22-,25+/m1/s1. The van der Waals surface area contributed by atoms with Crippen molar-refractivity contribution in [1.82, 2.24) is 9.97 Å². The Balaban J connectivity index is 1.43. The molecular formula is C26H29N3O3S. The maximum Gasteiger partial charge on any atom is 0.208 e. The molecule has 5 rings (SSSR count). The average molecular weight is 464 g/mol. The van der Waals surface area contributed by atoms with Gasteiger partial charge in [-0.25, -0.2) is 9.97 Å². The lowest BCUT2D eigenvalue weighted by Crippen LogP contribution is -2.20. The number of thiophene rings is 1. The predicted octanol–water partition coefficient (Wildman–Crippen LogP) is 4.62. The zero-order valence-electron chi connectivity index (χ0n) is 19.2. The number of carbonyl (C=O) groups is 1. The van der Waals surface area contributed by atoms with E-state index in [-0.39, 0.29) is 30.0 Å². The average Bonchev–Trinajstić information content (AvgIpc) is 3.34. The number of aromatic nitrogens is 2. The second kappa shape index (κ2) is 8.97. The summed E-state index contributed by atoms with van der Waals surface area (Å²) in [5.41, 5.74) is 5.22. The number of benzene rings is 1. The number of aliphatic hydroxyl groups excluding tert-OH is 1. The smallest absolute Gasteiger partial charge is 0.208 e. The van der Waals surface area contributed by atoms with Gasteiger partial charge in [-0.1, -0.05) is 30.7 Å². The van der Waals surface area contributed by atoms with Crippen LogP contribution in [0.2, 0.25) is 0 Å². The highest BCUT2D eigenvalue weighted by molar-refractivity contribution is 7.14. The van der Waals surface area contributed by atoms with E-state index in [0.717, 1.165) is 23.3 Å². The first-order valence-corrected chi connectivity index (χ1v) is 12.3. The van der Waals surface area contributed by atoms with Crippen LogP contribution in [0.15, 0.2) is 36.8 Å². The third kappa shape index (κ3) is 4.33. The Morgan fingerprint density at radius 3 is 2.85 bits per heavy atom. The molecule has 1 aromatic carbocycles. The van der Waals surface area contributed by atoms with Crippen LogP contribution < -0.4 is 5.32 Å². The number of aliphatic hydroxyl groups is 1. The summed E-state index contributed by atoms with van der Waals surface area (Å²) >= 11 is 1.49. The molecule has 0 unspecified atom stereocenters. The van der Waals surface area contributed by atoms with E-state index in [2.05, 4.69) is 40.4 Å². The van der Waals surface area contributed by atoms with Gasteiger partial charge in [0.05, 0.1) is 23.2 Å². The number of fused-ring (bicyclic) bond motifs is 1. The van der Waals surface area contributed by atoms with Crippen LogP contribution >= 0.6 is 11.3 Å². The fraction of sp³-hybridized carbons (Fsp3) is 0.423. The van der Waals surface area contributed by atoms with E-state index in [9.17, 15) is 9.90 Å². The van der Waals surface area contributed by atoms with E-state index in [4.69, 9.17) is 4.74 Å². The van der Waals surface area contributed by atoms with Crippen molar-refractivity contribution in [3.63, 3.8) is 0 Å². The Morgan fingerprint density at radius 2 is 2.06 bits per heavy atom. The monoisotopic (exact) mass is 463 g/mol. The quantitative estimate of drug-likeness (QED) is 0.537. The molecule has 33 heavy (non-hydrogen) atoms. The summed E-state index contributed by atoms with van der Waals surface area (Å²) in [5.74, 6) is 0.668. The zero-order valence-corrected chi connectivity index (χ0v) is 20.0. The maximum absolute atomic E-state index is 13.5. The van der Waals surface area contributed by atoms with Gasteiger partial charge in [0.25, 0.3) is 0 Å². The first-order chi connectivity index (χ1) is 15.9. The van der Waals surface area contributed by atoms with Crippen LogP contribution in [0.25, 0.3) is 0 Å². The van der Waals surface area contributed by atoms with Gasteiger partial charge < -0.3 is 15.2 Å². The molecule has 1 saturated carbocycles. The predicted molar refractivity (Wildman–Crippen MR) is 129 cm³/mol. The molecule has 0 spiro atoms. The molecule has 1 aliphatic heterocycles. The summed E-state index contributed by atoms with van der Waals surface area (Å²) in [6.45, 7) is 6.86. The molecule has 2 N–H and O–H groups in total. The summed E-state index contributed by atoms with van der Waals surface area (Å²) < 4.78 is 6.19. The first-order valence-electron chi connectivity index (χ1n) is 11.5. The molecule has 172 valence electrons. The lowest BCUT2D eigenvalue weighted by atomic mass is 9.91. The first kappa shape index (κ1) is 22.2. The van der Waals surface area contributed by atoms with Crippen LogP contribution in [0.5, 0.6) is 0 Å². The Kier molecular flexibility index (Phi) is 6.03. The van der Waals surface area contributed by atoms with Gasteiger partial charge in [-0.2, -0.15) is 0 Å². The summed E-state index contributed by atoms with van der Waals surface area (Å²) in [4.78, 5) is 23.7. The number of rotatable bonds is 5. The van der Waals surface area contributed by atoms with Crippen molar-refractivity contribution in [2.75, 3.05) is 11.9 Å². The molecule has 0 amide bonds. The molecule has 7 heteroatoms. The van der Waals surface area contributed by atoms with Gasteiger partial charge >= 0.3 is 0 Å².